The Balaban J connectivity index is 2.26. The monoisotopic (exact) mass is 313 g/mol. The lowest BCUT2D eigenvalue weighted by Crippen LogP contribution is -2.49. The molecule has 0 bridgehead atoms. The van der Waals surface area contributed by atoms with Gasteiger partial charge in [0.15, 0.2) is 0 Å². The van der Waals surface area contributed by atoms with Crippen molar-refractivity contribution in [3.63, 3.8) is 0 Å². The van der Waals surface area contributed by atoms with E-state index < -0.39 is 17.6 Å². The first kappa shape index (κ1) is 15.7. The smallest absolute Gasteiger partial charge is 0.256 e. The molecule has 0 radical (unpaired) electrons. The summed E-state index contributed by atoms with van der Waals surface area (Å²) in [4.78, 5) is 25.3. The van der Waals surface area contributed by atoms with Gasteiger partial charge in [-0.2, -0.15) is 0 Å². The quantitative estimate of drug-likeness (QED) is 0.876. The van der Waals surface area contributed by atoms with Crippen LogP contribution in [0.4, 0.5) is 4.39 Å². The SMILES string of the molecule is NC(=O)CN(C(=O)c1ccc(F)cc1Cl)C1CCNCC1. The molecule has 7 heteroatoms. The van der Waals surface area contributed by atoms with E-state index in [4.69, 9.17) is 17.3 Å². The molecule has 0 aliphatic carbocycles. The summed E-state index contributed by atoms with van der Waals surface area (Å²) in [5.74, 6) is -1.49. The van der Waals surface area contributed by atoms with Crippen LogP contribution in [0.5, 0.6) is 0 Å². The highest BCUT2D eigenvalue weighted by Gasteiger charge is 2.28. The zero-order valence-corrected chi connectivity index (χ0v) is 12.2. The number of carbonyl (C=O) groups excluding carboxylic acids is 2. The Bertz CT molecular complexity index is 547. The molecule has 5 nitrogen and oxygen atoms in total. The van der Waals surface area contributed by atoms with Crippen LogP contribution >= 0.6 is 11.6 Å². The van der Waals surface area contributed by atoms with Crippen LogP contribution < -0.4 is 11.1 Å². The Morgan fingerprint density at radius 1 is 1.38 bits per heavy atom. The molecular weight excluding hydrogens is 297 g/mol. The van der Waals surface area contributed by atoms with E-state index in [1.54, 1.807) is 0 Å². The third-order valence-corrected chi connectivity index (χ3v) is 3.81. The molecular formula is C14H17ClFN3O2. The zero-order valence-electron chi connectivity index (χ0n) is 11.4. The van der Waals surface area contributed by atoms with Gasteiger partial charge in [-0.05, 0) is 44.1 Å². The molecule has 2 amide bonds. The van der Waals surface area contributed by atoms with Gasteiger partial charge in [0.25, 0.3) is 5.91 Å². The molecule has 1 saturated heterocycles. The van der Waals surface area contributed by atoms with Gasteiger partial charge in [0.05, 0.1) is 17.1 Å². The predicted molar refractivity (Wildman–Crippen MR) is 77.5 cm³/mol. The first-order chi connectivity index (χ1) is 9.99. The van der Waals surface area contributed by atoms with E-state index in [1.807, 2.05) is 0 Å². The third kappa shape index (κ3) is 3.92. The number of carbonyl (C=O) groups is 2. The molecule has 21 heavy (non-hydrogen) atoms. The number of hydrogen-bond donors (Lipinski definition) is 2. The van der Waals surface area contributed by atoms with Crippen LogP contribution in [0, 0.1) is 5.82 Å². The van der Waals surface area contributed by atoms with E-state index in [2.05, 4.69) is 5.32 Å². The Hall–Kier alpha value is -1.66. The molecule has 1 aromatic rings. The summed E-state index contributed by atoms with van der Waals surface area (Å²) < 4.78 is 13.1. The number of nitrogens with one attached hydrogen (secondary N) is 1. The minimum Gasteiger partial charge on any atom is -0.368 e. The summed E-state index contributed by atoms with van der Waals surface area (Å²) in [6.45, 7) is 1.37. The summed E-state index contributed by atoms with van der Waals surface area (Å²) in [5.41, 5.74) is 5.42. The Kier molecular flexibility index (Phi) is 5.14. The highest BCUT2D eigenvalue weighted by atomic mass is 35.5. The fraction of sp³-hybridized carbons (Fsp3) is 0.429. The fourth-order valence-corrected chi connectivity index (χ4v) is 2.72. The van der Waals surface area contributed by atoms with E-state index in [0.29, 0.717) is 0 Å². The second kappa shape index (κ2) is 6.87. The lowest BCUT2D eigenvalue weighted by Gasteiger charge is -2.34. The van der Waals surface area contributed by atoms with Crippen molar-refractivity contribution in [1.82, 2.24) is 10.2 Å². The number of nitrogens with two attached hydrogens (primary N) is 1. The van der Waals surface area contributed by atoms with E-state index in [1.165, 1.54) is 17.0 Å². The lowest BCUT2D eigenvalue weighted by atomic mass is 10.0. The number of nitrogens with zero attached hydrogens (tertiary/aromatic N) is 1. The van der Waals surface area contributed by atoms with Gasteiger partial charge >= 0.3 is 0 Å². The fourth-order valence-electron chi connectivity index (χ4n) is 2.47. The highest BCUT2D eigenvalue weighted by molar-refractivity contribution is 6.33. The molecule has 1 aromatic carbocycles. The van der Waals surface area contributed by atoms with Crippen LogP contribution in [0.3, 0.4) is 0 Å². The van der Waals surface area contributed by atoms with Crippen molar-refractivity contribution in [2.75, 3.05) is 19.6 Å². The standard InChI is InChI=1S/C14H17ClFN3O2/c15-12-7-9(16)1-2-11(12)14(21)19(8-13(17)20)10-3-5-18-6-4-10/h1-2,7,10,18H,3-6,8H2,(H2,17,20). The summed E-state index contributed by atoms with van der Waals surface area (Å²) in [5, 5.41) is 3.22. The van der Waals surface area contributed by atoms with Crippen molar-refractivity contribution in [3.05, 3.63) is 34.6 Å². The van der Waals surface area contributed by atoms with Gasteiger partial charge in [0.2, 0.25) is 5.91 Å². The minimum absolute atomic E-state index is 0.0309. The average Bonchev–Trinajstić information content (AvgIpc) is 2.45. The van der Waals surface area contributed by atoms with E-state index >= 15 is 0 Å². The molecule has 1 aliphatic heterocycles. The summed E-state index contributed by atoms with van der Waals surface area (Å²) in [6, 6.07) is 3.51. The number of benzene rings is 1. The first-order valence-corrected chi connectivity index (χ1v) is 7.12. The minimum atomic E-state index is -0.583. The number of amides is 2. The Morgan fingerprint density at radius 2 is 2.05 bits per heavy atom. The van der Waals surface area contributed by atoms with Gasteiger partial charge in [-0.25, -0.2) is 4.39 Å². The predicted octanol–water partition coefficient (Wildman–Crippen LogP) is 1.16. The summed E-state index contributed by atoms with van der Waals surface area (Å²) in [7, 11) is 0. The maximum atomic E-state index is 13.1. The van der Waals surface area contributed by atoms with Crippen LogP contribution in [-0.4, -0.2) is 42.4 Å². The molecule has 0 unspecified atom stereocenters. The van der Waals surface area contributed by atoms with Gasteiger partial charge < -0.3 is 16.0 Å². The largest absolute Gasteiger partial charge is 0.368 e. The van der Waals surface area contributed by atoms with E-state index in [9.17, 15) is 14.0 Å². The first-order valence-electron chi connectivity index (χ1n) is 6.74. The number of hydrogen-bond acceptors (Lipinski definition) is 3. The molecule has 114 valence electrons. The van der Waals surface area contributed by atoms with E-state index in [-0.39, 0.29) is 23.2 Å². The molecule has 0 atom stereocenters. The maximum absolute atomic E-state index is 13.1. The van der Waals surface area contributed by atoms with E-state index in [0.717, 1.165) is 32.0 Å². The topological polar surface area (TPSA) is 75.4 Å². The van der Waals surface area contributed by atoms with Crippen molar-refractivity contribution in [1.29, 1.82) is 0 Å². The van der Waals surface area contributed by atoms with Crippen LogP contribution in [-0.2, 0) is 4.79 Å². The molecule has 0 saturated carbocycles. The van der Waals surface area contributed by atoms with Crippen molar-refractivity contribution >= 4 is 23.4 Å². The van der Waals surface area contributed by atoms with Crippen LogP contribution in [0.2, 0.25) is 5.02 Å². The molecule has 1 heterocycles. The number of halogens is 2. The lowest BCUT2D eigenvalue weighted by molar-refractivity contribution is -0.119. The van der Waals surface area contributed by atoms with Gasteiger partial charge in [-0.15, -0.1) is 0 Å². The molecule has 2 rings (SSSR count). The number of rotatable bonds is 4. The molecule has 0 aromatic heterocycles. The van der Waals surface area contributed by atoms with Gasteiger partial charge in [-0.1, -0.05) is 11.6 Å². The zero-order chi connectivity index (χ0) is 15.4. The van der Waals surface area contributed by atoms with Gasteiger partial charge in [0.1, 0.15) is 5.82 Å². The number of primary amides is 1. The van der Waals surface area contributed by atoms with Crippen molar-refractivity contribution < 1.29 is 14.0 Å². The number of piperidine rings is 1. The summed E-state index contributed by atoms with van der Waals surface area (Å²) >= 11 is 5.93. The molecule has 1 fully saturated rings. The highest BCUT2D eigenvalue weighted by Crippen LogP contribution is 2.22. The van der Waals surface area contributed by atoms with Crippen LogP contribution in [0.15, 0.2) is 18.2 Å². The summed E-state index contributed by atoms with van der Waals surface area (Å²) in [6.07, 6.45) is 1.47. The van der Waals surface area contributed by atoms with Gasteiger partial charge in [0, 0.05) is 6.04 Å². The second-order valence-corrected chi connectivity index (χ2v) is 5.41. The molecule has 0 spiro atoms. The maximum Gasteiger partial charge on any atom is 0.256 e. The van der Waals surface area contributed by atoms with Gasteiger partial charge in [-0.3, -0.25) is 9.59 Å². The Morgan fingerprint density at radius 3 is 2.62 bits per heavy atom. The van der Waals surface area contributed by atoms with Crippen molar-refractivity contribution in [3.8, 4) is 0 Å². The third-order valence-electron chi connectivity index (χ3n) is 3.50. The normalized spacial score (nSPS) is 15.7. The molecule has 3 N–H and O–H groups in total. The van der Waals surface area contributed by atoms with Crippen molar-refractivity contribution in [2.45, 2.75) is 18.9 Å². The Labute approximate surface area is 127 Å². The average molecular weight is 314 g/mol. The van der Waals surface area contributed by atoms with Crippen molar-refractivity contribution in [2.24, 2.45) is 5.73 Å². The molecule has 1 aliphatic rings. The second-order valence-electron chi connectivity index (χ2n) is 5.00. The van der Waals surface area contributed by atoms with Crippen LogP contribution in [0.25, 0.3) is 0 Å². The van der Waals surface area contributed by atoms with Crippen LogP contribution in [0.1, 0.15) is 23.2 Å².